The molecule has 1 rings (SSSR count). The number of nitrogens with one attached hydrogen (secondary N) is 1. The number of aromatic nitrogens is 3. The van der Waals surface area contributed by atoms with Crippen LogP contribution in [0.3, 0.4) is 0 Å². The van der Waals surface area contributed by atoms with Gasteiger partial charge in [0.15, 0.2) is 0 Å². The van der Waals surface area contributed by atoms with Crippen LogP contribution in [-0.2, 0) is 7.05 Å². The second-order valence-electron chi connectivity index (χ2n) is 4.96. The van der Waals surface area contributed by atoms with Gasteiger partial charge in [-0.05, 0) is 12.3 Å². The van der Waals surface area contributed by atoms with Crippen LogP contribution in [-0.4, -0.2) is 21.3 Å². The van der Waals surface area contributed by atoms with Crippen molar-refractivity contribution in [2.75, 3.05) is 6.54 Å². The molecule has 4 heteroatoms. The molecule has 0 aliphatic carbocycles. The molecule has 1 aromatic heterocycles. The summed E-state index contributed by atoms with van der Waals surface area (Å²) in [5.41, 5.74) is 0.298. The molecular formula is C10H20N4. The molecule has 0 fully saturated rings. The summed E-state index contributed by atoms with van der Waals surface area (Å²) in [6.45, 7) is 9.72. The smallest absolute Gasteiger partial charge is 0.149 e. The highest BCUT2D eigenvalue weighted by atomic mass is 15.3. The quantitative estimate of drug-likeness (QED) is 0.797. The van der Waals surface area contributed by atoms with E-state index in [1.54, 1.807) is 6.33 Å². The molecule has 1 unspecified atom stereocenters. The molecule has 0 aliphatic heterocycles. The molecule has 0 aliphatic rings. The highest BCUT2D eigenvalue weighted by Gasteiger charge is 2.15. The molecule has 0 bridgehead atoms. The summed E-state index contributed by atoms with van der Waals surface area (Å²) in [5, 5.41) is 11.4. The Morgan fingerprint density at radius 1 is 1.50 bits per heavy atom. The molecule has 0 saturated heterocycles. The summed E-state index contributed by atoms with van der Waals surface area (Å²) in [4.78, 5) is 0. The number of aryl methyl sites for hydroxylation is 1. The second-order valence-corrected chi connectivity index (χ2v) is 4.96. The summed E-state index contributed by atoms with van der Waals surface area (Å²) in [6.07, 6.45) is 1.73. The first-order valence-electron chi connectivity index (χ1n) is 4.97. The lowest BCUT2D eigenvalue weighted by molar-refractivity contribution is 0.353. The Morgan fingerprint density at radius 3 is 2.57 bits per heavy atom. The Bertz CT molecular complexity index is 285. The van der Waals surface area contributed by atoms with E-state index in [1.165, 1.54) is 0 Å². The number of nitrogens with zero attached hydrogens (tertiary/aromatic N) is 3. The molecule has 4 nitrogen and oxygen atoms in total. The first kappa shape index (κ1) is 11.2. The lowest BCUT2D eigenvalue weighted by atomic mass is 9.96. The fourth-order valence-electron chi connectivity index (χ4n) is 1.23. The third-order valence-electron chi connectivity index (χ3n) is 2.07. The van der Waals surface area contributed by atoms with Crippen LogP contribution in [0.15, 0.2) is 6.33 Å². The van der Waals surface area contributed by atoms with Gasteiger partial charge in [-0.3, -0.25) is 0 Å². The van der Waals surface area contributed by atoms with Crippen molar-refractivity contribution in [3.8, 4) is 0 Å². The van der Waals surface area contributed by atoms with E-state index in [4.69, 9.17) is 0 Å². The minimum absolute atomic E-state index is 0.252. The predicted molar refractivity (Wildman–Crippen MR) is 56.9 cm³/mol. The first-order chi connectivity index (χ1) is 6.40. The van der Waals surface area contributed by atoms with Crippen molar-refractivity contribution >= 4 is 0 Å². The van der Waals surface area contributed by atoms with Gasteiger partial charge in [-0.1, -0.05) is 20.8 Å². The molecule has 0 amide bonds. The molecular weight excluding hydrogens is 176 g/mol. The zero-order chi connectivity index (χ0) is 10.8. The summed E-state index contributed by atoms with van der Waals surface area (Å²) >= 11 is 0. The van der Waals surface area contributed by atoms with Crippen molar-refractivity contribution in [1.29, 1.82) is 0 Å². The van der Waals surface area contributed by atoms with Gasteiger partial charge in [-0.25, -0.2) is 0 Å². The lowest BCUT2D eigenvalue weighted by Crippen LogP contribution is -2.30. The van der Waals surface area contributed by atoms with Gasteiger partial charge in [-0.15, -0.1) is 10.2 Å². The topological polar surface area (TPSA) is 42.7 Å². The Kier molecular flexibility index (Phi) is 3.26. The van der Waals surface area contributed by atoms with E-state index in [1.807, 2.05) is 11.6 Å². The van der Waals surface area contributed by atoms with Crippen LogP contribution in [0.2, 0.25) is 0 Å². The van der Waals surface area contributed by atoms with Gasteiger partial charge >= 0.3 is 0 Å². The highest BCUT2D eigenvalue weighted by molar-refractivity contribution is 4.92. The van der Waals surface area contributed by atoms with Crippen molar-refractivity contribution < 1.29 is 0 Å². The molecule has 1 atom stereocenters. The van der Waals surface area contributed by atoms with E-state index in [2.05, 4.69) is 43.2 Å². The van der Waals surface area contributed by atoms with E-state index in [9.17, 15) is 0 Å². The molecule has 0 radical (unpaired) electrons. The molecule has 0 spiro atoms. The normalized spacial score (nSPS) is 14.4. The summed E-state index contributed by atoms with van der Waals surface area (Å²) < 4.78 is 1.94. The van der Waals surface area contributed by atoms with Gasteiger partial charge < -0.3 is 9.88 Å². The number of hydrogen-bond donors (Lipinski definition) is 1. The Labute approximate surface area is 85.7 Å². The van der Waals surface area contributed by atoms with Crippen molar-refractivity contribution in [2.45, 2.75) is 33.7 Å². The number of rotatable bonds is 3. The summed E-state index contributed by atoms with van der Waals surface area (Å²) in [6, 6.07) is 0.252. The largest absolute Gasteiger partial charge is 0.319 e. The predicted octanol–water partition coefficient (Wildman–Crippen LogP) is 1.51. The average molecular weight is 196 g/mol. The van der Waals surface area contributed by atoms with Crippen LogP contribution >= 0.6 is 0 Å². The Hall–Kier alpha value is -0.900. The van der Waals surface area contributed by atoms with E-state index in [0.29, 0.717) is 5.41 Å². The molecule has 14 heavy (non-hydrogen) atoms. The molecule has 0 aromatic carbocycles. The van der Waals surface area contributed by atoms with E-state index < -0.39 is 0 Å². The highest BCUT2D eigenvalue weighted by Crippen LogP contribution is 2.14. The van der Waals surface area contributed by atoms with Crippen LogP contribution in [0, 0.1) is 5.41 Å². The van der Waals surface area contributed by atoms with E-state index >= 15 is 0 Å². The van der Waals surface area contributed by atoms with Crippen LogP contribution < -0.4 is 5.32 Å². The molecule has 0 saturated carbocycles. The SMILES string of the molecule is CC(NCC(C)(C)C)c1nncn1C. The fourth-order valence-corrected chi connectivity index (χ4v) is 1.23. The van der Waals surface area contributed by atoms with Crippen molar-refractivity contribution in [3.05, 3.63) is 12.2 Å². The van der Waals surface area contributed by atoms with Gasteiger partial charge in [-0.2, -0.15) is 0 Å². The molecule has 80 valence electrons. The third kappa shape index (κ3) is 3.10. The fraction of sp³-hybridized carbons (Fsp3) is 0.800. The van der Waals surface area contributed by atoms with Gasteiger partial charge in [0.05, 0.1) is 6.04 Å². The lowest BCUT2D eigenvalue weighted by Gasteiger charge is -2.22. The van der Waals surface area contributed by atoms with Crippen molar-refractivity contribution in [1.82, 2.24) is 20.1 Å². The zero-order valence-corrected chi connectivity index (χ0v) is 9.70. The molecule has 1 N–H and O–H groups in total. The van der Waals surface area contributed by atoms with Crippen molar-refractivity contribution in [3.63, 3.8) is 0 Å². The van der Waals surface area contributed by atoms with Crippen LogP contribution in [0.25, 0.3) is 0 Å². The first-order valence-corrected chi connectivity index (χ1v) is 4.97. The van der Waals surface area contributed by atoms with Crippen LogP contribution in [0.5, 0.6) is 0 Å². The minimum atomic E-state index is 0.252. The van der Waals surface area contributed by atoms with Crippen LogP contribution in [0.4, 0.5) is 0 Å². The zero-order valence-electron chi connectivity index (χ0n) is 9.70. The van der Waals surface area contributed by atoms with Crippen LogP contribution in [0.1, 0.15) is 39.6 Å². The third-order valence-corrected chi connectivity index (χ3v) is 2.07. The van der Waals surface area contributed by atoms with Gasteiger partial charge in [0, 0.05) is 13.6 Å². The Balaban J connectivity index is 2.51. The average Bonchev–Trinajstić information content (AvgIpc) is 2.46. The summed E-state index contributed by atoms with van der Waals surface area (Å²) in [7, 11) is 1.96. The maximum atomic E-state index is 4.07. The van der Waals surface area contributed by atoms with Gasteiger partial charge in [0.2, 0.25) is 0 Å². The monoisotopic (exact) mass is 196 g/mol. The standard InChI is InChI=1S/C10H20N4/c1-8(11-6-10(2,3)4)9-13-12-7-14(9)5/h7-8,11H,6H2,1-5H3. The number of hydrogen-bond acceptors (Lipinski definition) is 3. The summed E-state index contributed by atoms with van der Waals surface area (Å²) in [5.74, 6) is 0.981. The van der Waals surface area contributed by atoms with Gasteiger partial charge in [0.1, 0.15) is 12.2 Å². The minimum Gasteiger partial charge on any atom is -0.319 e. The second kappa shape index (κ2) is 4.09. The van der Waals surface area contributed by atoms with E-state index in [-0.39, 0.29) is 6.04 Å². The van der Waals surface area contributed by atoms with Crippen molar-refractivity contribution in [2.24, 2.45) is 12.5 Å². The Morgan fingerprint density at radius 2 is 2.14 bits per heavy atom. The maximum Gasteiger partial charge on any atom is 0.149 e. The van der Waals surface area contributed by atoms with E-state index in [0.717, 1.165) is 12.4 Å². The maximum absolute atomic E-state index is 4.07. The molecule has 1 aromatic rings. The molecule has 1 heterocycles. The van der Waals surface area contributed by atoms with Gasteiger partial charge in [0.25, 0.3) is 0 Å².